The second-order valence-corrected chi connectivity index (χ2v) is 7.60. The van der Waals surface area contributed by atoms with Gasteiger partial charge in [-0.05, 0) is 66.8 Å². The number of nitrogens with one attached hydrogen (secondary N) is 1. The molecule has 1 aromatic rings. The number of piperidine rings is 1. The van der Waals surface area contributed by atoms with Crippen LogP contribution in [0, 0.1) is 0 Å². The van der Waals surface area contributed by atoms with Crippen LogP contribution in [-0.2, 0) is 6.42 Å². The Bertz CT molecular complexity index is 353. The minimum Gasteiger partial charge on any atom is -0.313 e. The zero-order valence-corrected chi connectivity index (χ0v) is 13.5. The highest BCUT2D eigenvalue weighted by Gasteiger charge is 2.18. The van der Waals surface area contributed by atoms with E-state index >= 15 is 0 Å². The van der Waals surface area contributed by atoms with Gasteiger partial charge in [0.25, 0.3) is 0 Å². The molecule has 0 saturated carbocycles. The summed E-state index contributed by atoms with van der Waals surface area (Å²) in [7, 11) is 0. The maximum absolute atomic E-state index is 3.66. The van der Waals surface area contributed by atoms with Crippen molar-refractivity contribution in [1.29, 1.82) is 0 Å². The Kier molecular flexibility index (Phi) is 6.15. The summed E-state index contributed by atoms with van der Waals surface area (Å²) >= 11 is 5.40. The monoisotopic (exact) mass is 330 g/mol. The Hall–Kier alpha value is 0.1000. The number of likely N-dealkylation sites (tertiary alicyclic amines) is 1. The van der Waals surface area contributed by atoms with E-state index in [4.69, 9.17) is 0 Å². The van der Waals surface area contributed by atoms with Crippen LogP contribution in [0.15, 0.2) is 15.9 Å². The second kappa shape index (κ2) is 7.63. The van der Waals surface area contributed by atoms with Gasteiger partial charge in [-0.1, -0.05) is 6.92 Å². The van der Waals surface area contributed by atoms with Crippen molar-refractivity contribution < 1.29 is 0 Å². The van der Waals surface area contributed by atoms with Crippen molar-refractivity contribution in [1.82, 2.24) is 10.2 Å². The lowest BCUT2D eigenvalue weighted by Gasteiger charge is -2.33. The van der Waals surface area contributed by atoms with Crippen LogP contribution in [0.5, 0.6) is 0 Å². The third-order valence-electron chi connectivity index (χ3n) is 3.49. The van der Waals surface area contributed by atoms with Crippen molar-refractivity contribution >= 4 is 27.3 Å². The largest absolute Gasteiger partial charge is 0.313 e. The van der Waals surface area contributed by atoms with E-state index in [1.54, 1.807) is 0 Å². The number of hydrogen-bond acceptors (Lipinski definition) is 3. The highest BCUT2D eigenvalue weighted by Crippen LogP contribution is 2.23. The zero-order chi connectivity index (χ0) is 12.8. The maximum Gasteiger partial charge on any atom is 0.0701 e. The molecule has 0 amide bonds. The van der Waals surface area contributed by atoms with Gasteiger partial charge in [-0.25, -0.2) is 0 Å². The summed E-state index contributed by atoms with van der Waals surface area (Å²) in [4.78, 5) is 4.11. The minimum absolute atomic E-state index is 0.716. The van der Waals surface area contributed by atoms with Gasteiger partial charge in [0, 0.05) is 24.0 Å². The normalized spacial score (nSPS) is 21.3. The summed E-state index contributed by atoms with van der Waals surface area (Å²) in [6.45, 7) is 7.11. The maximum atomic E-state index is 3.66. The van der Waals surface area contributed by atoms with E-state index in [1.165, 1.54) is 54.0 Å². The van der Waals surface area contributed by atoms with Gasteiger partial charge in [0.1, 0.15) is 0 Å². The topological polar surface area (TPSA) is 15.3 Å². The van der Waals surface area contributed by atoms with Crippen LogP contribution >= 0.6 is 27.3 Å². The Morgan fingerprint density at radius 2 is 2.39 bits per heavy atom. The van der Waals surface area contributed by atoms with Crippen LogP contribution in [-0.4, -0.2) is 37.1 Å². The van der Waals surface area contributed by atoms with Gasteiger partial charge >= 0.3 is 0 Å². The van der Waals surface area contributed by atoms with Crippen LogP contribution in [0.25, 0.3) is 0 Å². The molecule has 0 bridgehead atoms. The molecule has 0 aromatic carbocycles. The molecule has 1 saturated heterocycles. The van der Waals surface area contributed by atoms with Crippen molar-refractivity contribution in [3.8, 4) is 0 Å². The van der Waals surface area contributed by atoms with Gasteiger partial charge in [-0.3, -0.25) is 0 Å². The summed E-state index contributed by atoms with van der Waals surface area (Å²) in [5, 5.41) is 3.66. The van der Waals surface area contributed by atoms with Crippen LogP contribution < -0.4 is 5.32 Å². The fraction of sp³-hybridized carbons (Fsp3) is 0.714. The van der Waals surface area contributed by atoms with E-state index in [1.807, 2.05) is 11.3 Å². The van der Waals surface area contributed by atoms with E-state index in [-0.39, 0.29) is 0 Å². The number of rotatable bonds is 6. The number of halogens is 1. The second-order valence-electron chi connectivity index (χ2n) is 5.05. The fourth-order valence-electron chi connectivity index (χ4n) is 2.53. The van der Waals surface area contributed by atoms with Crippen LogP contribution in [0.1, 0.15) is 31.1 Å². The third-order valence-corrected chi connectivity index (χ3v) is 5.18. The highest BCUT2D eigenvalue weighted by molar-refractivity contribution is 9.11. The summed E-state index contributed by atoms with van der Waals surface area (Å²) in [6, 6.07) is 5.11. The zero-order valence-electron chi connectivity index (χ0n) is 11.1. The van der Waals surface area contributed by atoms with Gasteiger partial charge in [0.2, 0.25) is 0 Å². The number of nitrogens with zero attached hydrogens (tertiary/aromatic N) is 1. The predicted octanol–water partition coefficient (Wildman–Crippen LogP) is 3.52. The van der Waals surface area contributed by atoms with Crippen LogP contribution in [0.4, 0.5) is 0 Å². The van der Waals surface area contributed by atoms with Gasteiger partial charge in [-0.2, -0.15) is 0 Å². The third kappa shape index (κ3) is 4.65. The Labute approximate surface area is 123 Å². The van der Waals surface area contributed by atoms with Gasteiger partial charge in [0.15, 0.2) is 0 Å². The van der Waals surface area contributed by atoms with Crippen molar-refractivity contribution in [2.24, 2.45) is 0 Å². The van der Waals surface area contributed by atoms with Crippen molar-refractivity contribution in [2.45, 2.75) is 38.6 Å². The summed E-state index contributed by atoms with van der Waals surface area (Å²) < 4.78 is 1.25. The Balaban J connectivity index is 1.72. The van der Waals surface area contributed by atoms with Crippen molar-refractivity contribution in [3.63, 3.8) is 0 Å². The standard InChI is InChI=1S/C14H23BrN2S/c1-2-8-16-12-4-3-9-17(11-12)10-7-13-5-6-14(15)18-13/h5-6,12,16H,2-4,7-11H2,1H3. The van der Waals surface area contributed by atoms with E-state index in [0.29, 0.717) is 6.04 Å². The van der Waals surface area contributed by atoms with Gasteiger partial charge < -0.3 is 10.2 Å². The molecule has 2 rings (SSSR count). The van der Waals surface area contributed by atoms with E-state index < -0.39 is 0 Å². The van der Waals surface area contributed by atoms with E-state index in [9.17, 15) is 0 Å². The van der Waals surface area contributed by atoms with Gasteiger partial charge in [-0.15, -0.1) is 11.3 Å². The molecule has 1 aliphatic heterocycles. The minimum atomic E-state index is 0.716. The average Bonchev–Trinajstić information content (AvgIpc) is 2.80. The molecule has 1 aliphatic rings. The SMILES string of the molecule is CCCNC1CCCN(CCc2ccc(Br)s2)C1. The lowest BCUT2D eigenvalue weighted by atomic mass is 10.1. The number of hydrogen-bond donors (Lipinski definition) is 1. The molecule has 1 fully saturated rings. The predicted molar refractivity (Wildman–Crippen MR) is 83.5 cm³/mol. The van der Waals surface area contributed by atoms with E-state index in [0.717, 1.165) is 6.54 Å². The summed E-state index contributed by atoms with van der Waals surface area (Å²) in [5.41, 5.74) is 0. The molecule has 2 heterocycles. The molecule has 4 heteroatoms. The molecular formula is C14H23BrN2S. The van der Waals surface area contributed by atoms with Crippen molar-refractivity contribution in [2.75, 3.05) is 26.2 Å². The molecule has 1 aromatic heterocycles. The summed E-state index contributed by atoms with van der Waals surface area (Å²) in [6.07, 6.45) is 5.12. The first-order chi connectivity index (χ1) is 8.78. The highest BCUT2D eigenvalue weighted by atomic mass is 79.9. The first-order valence-corrected chi connectivity index (χ1v) is 8.59. The Morgan fingerprint density at radius 3 is 3.11 bits per heavy atom. The van der Waals surface area contributed by atoms with Crippen LogP contribution in [0.3, 0.4) is 0 Å². The number of thiophene rings is 1. The lowest BCUT2D eigenvalue weighted by Crippen LogP contribution is -2.46. The Morgan fingerprint density at radius 1 is 1.50 bits per heavy atom. The molecule has 1 N–H and O–H groups in total. The quantitative estimate of drug-likeness (QED) is 0.858. The first-order valence-electron chi connectivity index (χ1n) is 6.98. The first kappa shape index (κ1) is 14.5. The van der Waals surface area contributed by atoms with Crippen molar-refractivity contribution in [3.05, 3.63) is 20.8 Å². The van der Waals surface area contributed by atoms with Crippen LogP contribution in [0.2, 0.25) is 0 Å². The molecule has 0 aliphatic carbocycles. The smallest absolute Gasteiger partial charge is 0.0701 e. The summed E-state index contributed by atoms with van der Waals surface area (Å²) in [5.74, 6) is 0. The molecule has 102 valence electrons. The molecule has 0 spiro atoms. The molecule has 18 heavy (non-hydrogen) atoms. The fourth-order valence-corrected chi connectivity index (χ4v) is 4.00. The molecule has 0 radical (unpaired) electrons. The average molecular weight is 331 g/mol. The molecule has 2 nitrogen and oxygen atoms in total. The van der Waals surface area contributed by atoms with E-state index in [2.05, 4.69) is 45.2 Å². The van der Waals surface area contributed by atoms with Gasteiger partial charge in [0.05, 0.1) is 3.79 Å². The molecule has 1 atom stereocenters. The molecular weight excluding hydrogens is 308 g/mol. The molecule has 1 unspecified atom stereocenters. The lowest BCUT2D eigenvalue weighted by molar-refractivity contribution is 0.193.